The van der Waals surface area contributed by atoms with E-state index in [-0.39, 0.29) is 17.6 Å². The third-order valence-corrected chi connectivity index (χ3v) is 4.40. The van der Waals surface area contributed by atoms with Crippen molar-refractivity contribution in [1.29, 1.82) is 0 Å². The summed E-state index contributed by atoms with van der Waals surface area (Å²) < 4.78 is 9.88. The highest BCUT2D eigenvalue weighted by Crippen LogP contribution is 2.21. The van der Waals surface area contributed by atoms with Gasteiger partial charge >= 0.3 is 17.9 Å². The molecule has 0 radical (unpaired) electrons. The first-order valence-corrected chi connectivity index (χ1v) is 10.2. The third-order valence-electron chi connectivity index (χ3n) is 4.40. The minimum atomic E-state index is -1.70. The van der Waals surface area contributed by atoms with Crippen LogP contribution in [0.4, 0.5) is 0 Å². The van der Waals surface area contributed by atoms with Gasteiger partial charge in [0, 0.05) is 20.3 Å². The van der Waals surface area contributed by atoms with Crippen LogP contribution in [0.25, 0.3) is 0 Å². The molecule has 0 aromatic rings. The van der Waals surface area contributed by atoms with Crippen LogP contribution in [0.2, 0.25) is 0 Å². The molecule has 0 aromatic heterocycles. The number of hydrogen-bond donors (Lipinski definition) is 2. The molecule has 32 heavy (non-hydrogen) atoms. The van der Waals surface area contributed by atoms with E-state index in [9.17, 15) is 29.4 Å². The Bertz CT molecular complexity index is 836. The van der Waals surface area contributed by atoms with E-state index in [0.717, 1.165) is 24.5 Å². The van der Waals surface area contributed by atoms with E-state index in [1.54, 1.807) is 6.92 Å². The van der Waals surface area contributed by atoms with E-state index in [0.29, 0.717) is 6.42 Å². The second kappa shape index (κ2) is 14.3. The van der Waals surface area contributed by atoms with E-state index in [1.165, 1.54) is 32.9 Å². The van der Waals surface area contributed by atoms with Crippen LogP contribution in [-0.4, -0.2) is 46.3 Å². The van der Waals surface area contributed by atoms with Gasteiger partial charge in [0.1, 0.15) is 11.7 Å². The number of allylic oxidation sites excluding steroid dienone is 4. The van der Waals surface area contributed by atoms with Crippen molar-refractivity contribution in [3.63, 3.8) is 0 Å². The Kier molecular flexibility index (Phi) is 13.0. The molecular formula is C24H34O8. The van der Waals surface area contributed by atoms with Gasteiger partial charge in [0.2, 0.25) is 0 Å². The van der Waals surface area contributed by atoms with Crippen molar-refractivity contribution in [2.24, 2.45) is 0 Å². The van der Waals surface area contributed by atoms with Gasteiger partial charge in [-0.15, -0.1) is 0 Å². The van der Waals surface area contributed by atoms with Crippen LogP contribution in [0, 0.1) is 0 Å². The molecule has 0 saturated heterocycles. The van der Waals surface area contributed by atoms with Gasteiger partial charge in [-0.1, -0.05) is 23.3 Å². The van der Waals surface area contributed by atoms with Gasteiger partial charge in [0.05, 0.1) is 0 Å². The summed E-state index contributed by atoms with van der Waals surface area (Å²) in [5, 5.41) is 18.5. The Labute approximate surface area is 189 Å². The Balaban J connectivity index is 6.23. The van der Waals surface area contributed by atoms with Crippen molar-refractivity contribution in [3.05, 3.63) is 46.1 Å². The number of aliphatic hydroxyl groups excluding tert-OH is 1. The van der Waals surface area contributed by atoms with E-state index in [4.69, 9.17) is 4.74 Å². The number of carbonyl (C=O) groups is 4. The third kappa shape index (κ3) is 11.5. The Morgan fingerprint density at radius 3 is 1.94 bits per heavy atom. The molecule has 1 atom stereocenters. The van der Waals surface area contributed by atoms with Gasteiger partial charge in [-0.2, -0.15) is 0 Å². The van der Waals surface area contributed by atoms with Crippen LogP contribution in [0.5, 0.6) is 0 Å². The molecule has 0 aliphatic heterocycles. The molecule has 0 rings (SSSR count). The first kappa shape index (κ1) is 29.2. The Hall–Kier alpha value is -2.84. The molecule has 2 N–H and O–H groups in total. The van der Waals surface area contributed by atoms with Crippen LogP contribution >= 0.6 is 0 Å². The molecule has 0 fully saturated rings. The average molecular weight is 451 g/mol. The van der Waals surface area contributed by atoms with E-state index < -0.39 is 41.7 Å². The van der Waals surface area contributed by atoms with Crippen LogP contribution in [0.15, 0.2) is 46.1 Å². The fraction of sp³-hybridized carbons (Fsp3) is 0.500. The second-order valence-electron chi connectivity index (χ2n) is 7.77. The topological polar surface area (TPSA) is 127 Å². The van der Waals surface area contributed by atoms with Gasteiger partial charge < -0.3 is 19.7 Å². The molecule has 0 amide bonds. The van der Waals surface area contributed by atoms with E-state index in [1.807, 2.05) is 19.9 Å². The smallest absolute Gasteiger partial charge is 0.349 e. The van der Waals surface area contributed by atoms with Crippen molar-refractivity contribution < 1.29 is 38.9 Å². The summed E-state index contributed by atoms with van der Waals surface area (Å²) in [6, 6.07) is 0. The van der Waals surface area contributed by atoms with Gasteiger partial charge in [-0.05, 0) is 64.7 Å². The molecular weight excluding hydrogens is 416 g/mol. The van der Waals surface area contributed by atoms with Crippen LogP contribution in [0.1, 0.15) is 67.7 Å². The van der Waals surface area contributed by atoms with Gasteiger partial charge in [-0.3, -0.25) is 14.4 Å². The molecule has 8 heteroatoms. The predicted molar refractivity (Wildman–Crippen MR) is 119 cm³/mol. The molecule has 0 heterocycles. The Morgan fingerprint density at radius 2 is 1.47 bits per heavy atom. The quantitative estimate of drug-likeness (QED) is 0.123. The van der Waals surface area contributed by atoms with Crippen molar-refractivity contribution >= 4 is 23.7 Å². The maximum Gasteiger partial charge on any atom is 0.349 e. The summed E-state index contributed by atoms with van der Waals surface area (Å²) in [5.74, 6) is -3.37. The number of rotatable bonds is 11. The molecule has 0 aliphatic carbocycles. The molecule has 178 valence electrons. The summed E-state index contributed by atoms with van der Waals surface area (Å²) in [6.07, 6.45) is 3.26. The lowest BCUT2D eigenvalue weighted by Crippen LogP contribution is -2.25. The number of ether oxygens (including phenoxy) is 2. The van der Waals surface area contributed by atoms with E-state index >= 15 is 0 Å². The zero-order valence-electron chi connectivity index (χ0n) is 19.9. The lowest BCUT2D eigenvalue weighted by atomic mass is 9.96. The molecule has 8 nitrogen and oxygen atoms in total. The van der Waals surface area contributed by atoms with Crippen molar-refractivity contribution in [2.45, 2.75) is 80.1 Å². The maximum atomic E-state index is 13.0. The highest BCUT2D eigenvalue weighted by Gasteiger charge is 2.28. The molecule has 0 aromatic carbocycles. The molecule has 0 bridgehead atoms. The van der Waals surface area contributed by atoms with E-state index in [2.05, 4.69) is 4.74 Å². The minimum Gasteiger partial charge on any atom is -0.458 e. The number of hydrogen-bond acceptors (Lipinski definition) is 8. The maximum absolute atomic E-state index is 13.0. The normalized spacial score (nSPS) is 13.8. The molecule has 0 spiro atoms. The highest BCUT2D eigenvalue weighted by atomic mass is 16.6. The summed E-state index contributed by atoms with van der Waals surface area (Å²) >= 11 is 0. The van der Waals surface area contributed by atoms with Crippen molar-refractivity contribution in [3.8, 4) is 0 Å². The van der Waals surface area contributed by atoms with Crippen LogP contribution in [0.3, 0.4) is 0 Å². The first-order chi connectivity index (χ1) is 14.8. The van der Waals surface area contributed by atoms with Gasteiger partial charge in [0.25, 0.3) is 0 Å². The zero-order valence-corrected chi connectivity index (χ0v) is 19.9. The van der Waals surface area contributed by atoms with Crippen LogP contribution in [-0.2, 0) is 28.7 Å². The molecule has 0 saturated carbocycles. The predicted octanol–water partition coefficient (Wildman–Crippen LogP) is 3.23. The molecule has 1 unspecified atom stereocenters. The minimum absolute atomic E-state index is 0.0255. The zero-order chi connectivity index (χ0) is 25.0. The number of esters is 3. The summed E-state index contributed by atoms with van der Waals surface area (Å²) in [4.78, 5) is 48.4. The summed E-state index contributed by atoms with van der Waals surface area (Å²) in [7, 11) is 0. The fourth-order valence-electron chi connectivity index (χ4n) is 2.67. The molecule has 0 aliphatic rings. The SMILES string of the molecule is CC(=O)OC(=O)/C(C(=O)/C=C(\C)CCC=C(C)C)=C(\C)C(C/C=C(\C)C(O)O)OC(C)=O. The van der Waals surface area contributed by atoms with Crippen molar-refractivity contribution in [1.82, 2.24) is 0 Å². The summed E-state index contributed by atoms with van der Waals surface area (Å²) in [5.41, 5.74) is 1.73. The van der Waals surface area contributed by atoms with Gasteiger partial charge in [-0.25, -0.2) is 4.79 Å². The highest BCUT2D eigenvalue weighted by molar-refractivity contribution is 6.23. The number of carbonyl (C=O) groups excluding carboxylic acids is 4. The average Bonchev–Trinajstić information content (AvgIpc) is 2.63. The number of aliphatic hydroxyl groups is 2. The largest absolute Gasteiger partial charge is 0.458 e. The lowest BCUT2D eigenvalue weighted by Gasteiger charge is -2.19. The first-order valence-electron chi connectivity index (χ1n) is 10.2. The monoisotopic (exact) mass is 450 g/mol. The standard InChI is InChI=1S/C24H34O8/c1-14(2)9-8-10-15(3)13-20(27)22(24(30)32-19(7)26)17(5)21(31-18(6)25)12-11-16(4)23(28)29/h9,11,13,21,23,28-29H,8,10,12H2,1-7H3/b15-13+,16-11+,22-17+. The Morgan fingerprint density at radius 1 is 0.875 bits per heavy atom. The lowest BCUT2D eigenvalue weighted by molar-refractivity contribution is -0.156. The van der Waals surface area contributed by atoms with Crippen molar-refractivity contribution in [2.75, 3.05) is 0 Å². The fourth-order valence-corrected chi connectivity index (χ4v) is 2.67. The number of ketones is 1. The summed E-state index contributed by atoms with van der Waals surface area (Å²) in [6.45, 7) is 10.8. The van der Waals surface area contributed by atoms with Crippen LogP contribution < -0.4 is 0 Å². The second-order valence-corrected chi connectivity index (χ2v) is 7.77. The van der Waals surface area contributed by atoms with Gasteiger partial charge in [0.15, 0.2) is 12.1 Å².